The Balaban J connectivity index is 0.000000389. The van der Waals surface area contributed by atoms with Crippen LogP contribution in [0.2, 0.25) is 0 Å². The van der Waals surface area contributed by atoms with Gasteiger partial charge in [0.1, 0.15) is 0 Å². The molecule has 0 spiro atoms. The zero-order chi connectivity index (χ0) is 28.4. The second kappa shape index (κ2) is 14.6. The van der Waals surface area contributed by atoms with E-state index in [1.807, 2.05) is 13.8 Å². The number of aryl methyl sites for hydroxylation is 2. The van der Waals surface area contributed by atoms with Gasteiger partial charge in [-0.25, -0.2) is 0 Å². The van der Waals surface area contributed by atoms with E-state index < -0.39 is 0 Å². The minimum absolute atomic E-state index is 0.330. The molecule has 3 rings (SSSR count). The summed E-state index contributed by atoms with van der Waals surface area (Å²) in [5, 5.41) is 0. The van der Waals surface area contributed by atoms with Crippen molar-refractivity contribution in [2.75, 3.05) is 0 Å². The van der Waals surface area contributed by atoms with Crippen molar-refractivity contribution in [3.63, 3.8) is 0 Å². The molecule has 1 saturated carbocycles. The van der Waals surface area contributed by atoms with Crippen LogP contribution in [0.4, 0.5) is 0 Å². The lowest BCUT2D eigenvalue weighted by Gasteiger charge is -2.39. The Kier molecular flexibility index (Phi) is 12.9. The highest BCUT2D eigenvalue weighted by atomic mass is 14.4. The minimum atomic E-state index is 0.330. The van der Waals surface area contributed by atoms with Crippen LogP contribution < -0.4 is 0 Å². The van der Waals surface area contributed by atoms with Crippen LogP contribution >= 0.6 is 0 Å². The van der Waals surface area contributed by atoms with Crippen molar-refractivity contribution < 1.29 is 0 Å². The molecule has 1 aliphatic rings. The van der Waals surface area contributed by atoms with E-state index in [9.17, 15) is 0 Å². The Morgan fingerprint density at radius 3 is 1.86 bits per heavy atom. The maximum absolute atomic E-state index is 4.20. The van der Waals surface area contributed by atoms with E-state index >= 15 is 0 Å². The third kappa shape index (κ3) is 9.17. The molecule has 1 unspecified atom stereocenters. The van der Waals surface area contributed by atoms with Gasteiger partial charge in [0.25, 0.3) is 0 Å². The summed E-state index contributed by atoms with van der Waals surface area (Å²) in [4.78, 5) is 0. The number of allylic oxidation sites excluding steroid dienone is 4. The monoisotopic (exact) mass is 500 g/mol. The third-order valence-corrected chi connectivity index (χ3v) is 8.13. The molecule has 37 heavy (non-hydrogen) atoms. The van der Waals surface area contributed by atoms with Gasteiger partial charge in [0.05, 0.1) is 0 Å². The SMILES string of the molecule is C=C(C)C(C(=C)C)=C1CC(c2ccccc2C)CC(C)(C)C1.CC.CCC(C)(CC)c1ccc(C)cc1. The molecule has 2 aromatic rings. The molecule has 0 aromatic heterocycles. The highest BCUT2D eigenvalue weighted by molar-refractivity contribution is 5.47. The van der Waals surface area contributed by atoms with E-state index in [-0.39, 0.29) is 0 Å². The van der Waals surface area contributed by atoms with Gasteiger partial charge in [-0.05, 0) is 98.8 Å². The number of hydrogen-bond acceptors (Lipinski definition) is 0. The molecule has 1 atom stereocenters. The van der Waals surface area contributed by atoms with Crippen LogP contribution in [-0.2, 0) is 5.41 Å². The smallest absolute Gasteiger partial charge is 0.00805 e. The van der Waals surface area contributed by atoms with Crippen LogP contribution in [0, 0.1) is 19.3 Å². The van der Waals surface area contributed by atoms with E-state index in [1.165, 1.54) is 47.1 Å². The van der Waals surface area contributed by atoms with Crippen molar-refractivity contribution in [1.29, 1.82) is 0 Å². The van der Waals surface area contributed by atoms with E-state index in [4.69, 9.17) is 0 Å². The molecular formula is C37H56. The van der Waals surface area contributed by atoms with Crippen molar-refractivity contribution in [2.45, 2.75) is 120 Å². The van der Waals surface area contributed by atoms with Gasteiger partial charge in [0, 0.05) is 0 Å². The fourth-order valence-corrected chi connectivity index (χ4v) is 5.80. The Hall–Kier alpha value is -2.34. The average molecular weight is 501 g/mol. The van der Waals surface area contributed by atoms with Gasteiger partial charge in [-0.2, -0.15) is 0 Å². The first-order chi connectivity index (χ1) is 17.3. The first-order valence-electron chi connectivity index (χ1n) is 14.5. The Morgan fingerprint density at radius 2 is 1.41 bits per heavy atom. The van der Waals surface area contributed by atoms with Gasteiger partial charge in [-0.1, -0.05) is 132 Å². The fourth-order valence-electron chi connectivity index (χ4n) is 5.80. The molecule has 204 valence electrons. The van der Waals surface area contributed by atoms with Gasteiger partial charge >= 0.3 is 0 Å². The molecular weight excluding hydrogens is 444 g/mol. The molecule has 0 radical (unpaired) electrons. The lowest BCUT2D eigenvalue weighted by molar-refractivity contribution is 0.262. The van der Waals surface area contributed by atoms with Crippen molar-refractivity contribution in [2.24, 2.45) is 5.41 Å². The van der Waals surface area contributed by atoms with Crippen molar-refractivity contribution in [3.8, 4) is 0 Å². The van der Waals surface area contributed by atoms with E-state index in [0.717, 1.165) is 24.0 Å². The van der Waals surface area contributed by atoms with Crippen LogP contribution in [-0.4, -0.2) is 0 Å². The van der Waals surface area contributed by atoms with Crippen molar-refractivity contribution >= 4 is 0 Å². The molecule has 0 amide bonds. The number of hydrogen-bond donors (Lipinski definition) is 0. The molecule has 0 saturated heterocycles. The summed E-state index contributed by atoms with van der Waals surface area (Å²) in [5.74, 6) is 0.605. The van der Waals surface area contributed by atoms with E-state index in [2.05, 4.69) is 124 Å². The van der Waals surface area contributed by atoms with Gasteiger partial charge in [-0.15, -0.1) is 0 Å². The summed E-state index contributed by atoms with van der Waals surface area (Å²) in [6.07, 6.45) is 5.98. The Bertz CT molecular complexity index is 1020. The standard InChI is InChI=1S/C22H30.C13H20.C2H6/c1-15(2)21(16(3)4)19-12-18(13-22(6,7)14-19)20-11-9-8-10-17(20)5;1-5-13(4,6-2)12-9-7-11(3)8-10-12;1-2/h8-11,18H,1,3,12-14H2,2,4-7H3;7-10H,5-6H2,1-4H3;1-2H3. The highest BCUT2D eigenvalue weighted by Crippen LogP contribution is 2.48. The summed E-state index contributed by atoms with van der Waals surface area (Å²) in [6.45, 7) is 32.7. The van der Waals surface area contributed by atoms with Crippen LogP contribution in [0.5, 0.6) is 0 Å². The van der Waals surface area contributed by atoms with Crippen LogP contribution in [0.15, 0.2) is 84.0 Å². The second-order valence-corrected chi connectivity index (χ2v) is 12.0. The lowest BCUT2D eigenvalue weighted by Crippen LogP contribution is -2.24. The lowest BCUT2D eigenvalue weighted by atomic mass is 9.66. The maximum Gasteiger partial charge on any atom is -0.00805 e. The summed E-state index contributed by atoms with van der Waals surface area (Å²) < 4.78 is 0. The molecule has 1 aliphatic carbocycles. The van der Waals surface area contributed by atoms with Gasteiger partial charge in [0.15, 0.2) is 0 Å². The quantitative estimate of drug-likeness (QED) is 0.370. The van der Waals surface area contributed by atoms with E-state index in [0.29, 0.717) is 16.7 Å². The first kappa shape index (κ1) is 32.7. The van der Waals surface area contributed by atoms with E-state index in [1.54, 1.807) is 5.57 Å². The van der Waals surface area contributed by atoms with Gasteiger partial charge < -0.3 is 0 Å². The van der Waals surface area contributed by atoms with Crippen molar-refractivity contribution in [1.82, 2.24) is 0 Å². The Morgan fingerprint density at radius 1 is 0.892 bits per heavy atom. The molecule has 0 heteroatoms. The molecule has 0 nitrogen and oxygen atoms in total. The highest BCUT2D eigenvalue weighted by Gasteiger charge is 2.33. The summed E-state index contributed by atoms with van der Waals surface area (Å²) in [7, 11) is 0. The maximum atomic E-state index is 4.20. The predicted octanol–water partition coefficient (Wildman–Crippen LogP) is 11.8. The average Bonchev–Trinajstić information content (AvgIpc) is 2.84. The van der Waals surface area contributed by atoms with Gasteiger partial charge in [-0.3, -0.25) is 0 Å². The molecule has 0 heterocycles. The number of benzene rings is 2. The molecule has 1 fully saturated rings. The Labute approximate surface area is 231 Å². The minimum Gasteiger partial charge on any atom is -0.0955 e. The summed E-state index contributed by atoms with van der Waals surface area (Å²) in [5.41, 5.74) is 11.6. The van der Waals surface area contributed by atoms with Crippen molar-refractivity contribution in [3.05, 3.63) is 106 Å². The zero-order valence-electron chi connectivity index (χ0n) is 26.1. The first-order valence-corrected chi connectivity index (χ1v) is 14.5. The number of rotatable bonds is 6. The zero-order valence-corrected chi connectivity index (χ0v) is 26.1. The van der Waals surface area contributed by atoms with Crippen LogP contribution in [0.3, 0.4) is 0 Å². The molecule has 0 bridgehead atoms. The normalized spacial score (nSPS) is 16.5. The van der Waals surface area contributed by atoms with Crippen LogP contribution in [0.25, 0.3) is 0 Å². The second-order valence-electron chi connectivity index (χ2n) is 12.0. The molecule has 0 aliphatic heterocycles. The predicted molar refractivity (Wildman–Crippen MR) is 169 cm³/mol. The van der Waals surface area contributed by atoms with Gasteiger partial charge in [0.2, 0.25) is 0 Å². The fraction of sp³-hybridized carbons (Fsp3) is 0.514. The topological polar surface area (TPSA) is 0 Å². The summed E-state index contributed by atoms with van der Waals surface area (Å²) in [6, 6.07) is 17.8. The van der Waals surface area contributed by atoms with Crippen LogP contribution in [0.1, 0.15) is 123 Å². The molecule has 0 N–H and O–H groups in total. The largest absolute Gasteiger partial charge is 0.0955 e. The third-order valence-electron chi connectivity index (χ3n) is 8.13. The molecule has 2 aromatic carbocycles. The summed E-state index contributed by atoms with van der Waals surface area (Å²) >= 11 is 0.